The van der Waals surface area contributed by atoms with Gasteiger partial charge in [0.2, 0.25) is 5.91 Å². The van der Waals surface area contributed by atoms with Crippen LogP contribution in [-0.4, -0.2) is 60.1 Å². The molecule has 2 aliphatic rings. The molecule has 0 unspecified atom stereocenters. The standard InChI is InChI=1S/C21H25N3O4/c1-27-18-9-3-2-8-16(18)19-13-17(22-28-19)21(26)24-12-6-7-15(14-24)20(25)23-10-4-5-11-23/h2-3,8-9,13,15H,4-7,10-12,14H2,1H3/t15-/m0/s1. The molecule has 2 aliphatic heterocycles. The van der Waals surface area contributed by atoms with Crippen LogP contribution >= 0.6 is 0 Å². The fourth-order valence-corrected chi connectivity index (χ4v) is 4.07. The third kappa shape index (κ3) is 3.61. The molecule has 1 atom stereocenters. The number of hydrogen-bond acceptors (Lipinski definition) is 5. The lowest BCUT2D eigenvalue weighted by Crippen LogP contribution is -2.46. The van der Waals surface area contributed by atoms with Crippen molar-refractivity contribution in [3.8, 4) is 17.1 Å². The van der Waals surface area contributed by atoms with Gasteiger partial charge in [-0.3, -0.25) is 9.59 Å². The zero-order valence-corrected chi connectivity index (χ0v) is 16.1. The molecule has 2 aromatic rings. The summed E-state index contributed by atoms with van der Waals surface area (Å²) in [5.41, 5.74) is 1.01. The first-order valence-corrected chi connectivity index (χ1v) is 9.85. The molecular weight excluding hydrogens is 358 g/mol. The lowest BCUT2D eigenvalue weighted by molar-refractivity contribution is -0.135. The van der Waals surface area contributed by atoms with Crippen LogP contribution in [0.4, 0.5) is 0 Å². The van der Waals surface area contributed by atoms with Gasteiger partial charge in [-0.1, -0.05) is 17.3 Å². The maximum Gasteiger partial charge on any atom is 0.276 e. The Balaban J connectivity index is 1.47. The van der Waals surface area contributed by atoms with Crippen molar-refractivity contribution < 1.29 is 18.8 Å². The van der Waals surface area contributed by atoms with Gasteiger partial charge in [-0.2, -0.15) is 0 Å². The van der Waals surface area contributed by atoms with Gasteiger partial charge in [-0.25, -0.2) is 0 Å². The summed E-state index contributed by atoms with van der Waals surface area (Å²) in [6.07, 6.45) is 3.81. The quantitative estimate of drug-likeness (QED) is 0.811. The smallest absolute Gasteiger partial charge is 0.276 e. The minimum Gasteiger partial charge on any atom is -0.496 e. The number of carbonyl (C=O) groups is 2. The first kappa shape index (κ1) is 18.5. The van der Waals surface area contributed by atoms with Crippen LogP contribution < -0.4 is 4.74 Å². The van der Waals surface area contributed by atoms with E-state index in [2.05, 4.69) is 5.16 Å². The molecule has 0 radical (unpaired) electrons. The van der Waals surface area contributed by atoms with Crippen LogP contribution in [0.3, 0.4) is 0 Å². The van der Waals surface area contributed by atoms with E-state index >= 15 is 0 Å². The van der Waals surface area contributed by atoms with E-state index in [1.165, 1.54) is 0 Å². The lowest BCUT2D eigenvalue weighted by atomic mass is 9.96. The Labute approximate surface area is 164 Å². The highest BCUT2D eigenvalue weighted by Crippen LogP contribution is 2.30. The Kier molecular flexibility index (Phi) is 5.32. The molecule has 0 spiro atoms. The molecule has 0 aliphatic carbocycles. The number of rotatable bonds is 4. The SMILES string of the molecule is COc1ccccc1-c1cc(C(=O)N2CCC[C@H](C(=O)N3CCCC3)C2)no1. The third-order valence-corrected chi connectivity index (χ3v) is 5.58. The number of ether oxygens (including phenoxy) is 1. The van der Waals surface area contributed by atoms with Crippen molar-refractivity contribution in [2.45, 2.75) is 25.7 Å². The predicted octanol–water partition coefficient (Wildman–Crippen LogP) is 2.82. The van der Waals surface area contributed by atoms with Gasteiger partial charge in [0.15, 0.2) is 11.5 Å². The molecule has 1 aromatic heterocycles. The Morgan fingerprint density at radius 3 is 2.64 bits per heavy atom. The maximum absolute atomic E-state index is 12.9. The van der Waals surface area contributed by atoms with Gasteiger partial charge < -0.3 is 19.1 Å². The zero-order valence-electron chi connectivity index (χ0n) is 16.1. The minimum atomic E-state index is -0.191. The topological polar surface area (TPSA) is 75.9 Å². The number of para-hydroxylation sites is 1. The molecular formula is C21H25N3O4. The first-order chi connectivity index (χ1) is 13.7. The monoisotopic (exact) mass is 383 g/mol. The molecule has 148 valence electrons. The number of piperidine rings is 1. The minimum absolute atomic E-state index is 0.114. The molecule has 0 saturated carbocycles. The molecule has 7 heteroatoms. The Bertz CT molecular complexity index is 857. The van der Waals surface area contributed by atoms with E-state index in [-0.39, 0.29) is 23.4 Å². The van der Waals surface area contributed by atoms with E-state index in [0.29, 0.717) is 24.6 Å². The van der Waals surface area contributed by atoms with Crippen LogP contribution in [0.1, 0.15) is 36.2 Å². The summed E-state index contributed by atoms with van der Waals surface area (Å²) >= 11 is 0. The summed E-state index contributed by atoms with van der Waals surface area (Å²) in [6.45, 7) is 2.77. The van der Waals surface area contributed by atoms with Crippen molar-refractivity contribution in [1.29, 1.82) is 0 Å². The van der Waals surface area contributed by atoms with Gasteiger partial charge in [0.25, 0.3) is 5.91 Å². The van der Waals surface area contributed by atoms with Crippen LogP contribution in [0.2, 0.25) is 0 Å². The summed E-state index contributed by atoms with van der Waals surface area (Å²) in [7, 11) is 1.59. The van der Waals surface area contributed by atoms with E-state index in [9.17, 15) is 9.59 Å². The van der Waals surface area contributed by atoms with Gasteiger partial charge in [-0.15, -0.1) is 0 Å². The molecule has 28 heavy (non-hydrogen) atoms. The zero-order chi connectivity index (χ0) is 19.5. The third-order valence-electron chi connectivity index (χ3n) is 5.58. The highest BCUT2D eigenvalue weighted by atomic mass is 16.5. The van der Waals surface area contributed by atoms with Crippen molar-refractivity contribution in [3.05, 3.63) is 36.0 Å². The summed E-state index contributed by atoms with van der Waals surface area (Å²) in [4.78, 5) is 29.3. The van der Waals surface area contributed by atoms with E-state index in [1.807, 2.05) is 29.2 Å². The molecule has 7 nitrogen and oxygen atoms in total. The van der Waals surface area contributed by atoms with Gasteiger partial charge in [0, 0.05) is 32.2 Å². The molecule has 4 rings (SSSR count). The average molecular weight is 383 g/mol. The highest BCUT2D eigenvalue weighted by molar-refractivity contribution is 5.94. The van der Waals surface area contributed by atoms with Gasteiger partial charge in [0.1, 0.15) is 5.75 Å². The number of carbonyl (C=O) groups excluding carboxylic acids is 2. The summed E-state index contributed by atoms with van der Waals surface area (Å²) in [5.74, 6) is 1.03. The fourth-order valence-electron chi connectivity index (χ4n) is 4.07. The number of methoxy groups -OCH3 is 1. The fraction of sp³-hybridized carbons (Fsp3) is 0.476. The summed E-state index contributed by atoms with van der Waals surface area (Å²) < 4.78 is 10.8. The molecule has 1 aromatic carbocycles. The molecule has 0 N–H and O–H groups in total. The molecule has 2 saturated heterocycles. The number of benzene rings is 1. The van der Waals surface area contributed by atoms with Crippen molar-refractivity contribution in [3.63, 3.8) is 0 Å². The van der Waals surface area contributed by atoms with Gasteiger partial charge in [0.05, 0.1) is 18.6 Å². The van der Waals surface area contributed by atoms with Crippen LogP contribution in [-0.2, 0) is 4.79 Å². The van der Waals surface area contributed by atoms with Crippen LogP contribution in [0, 0.1) is 5.92 Å². The summed E-state index contributed by atoms with van der Waals surface area (Å²) in [6, 6.07) is 9.08. The van der Waals surface area contributed by atoms with Crippen molar-refractivity contribution in [1.82, 2.24) is 15.0 Å². The number of nitrogens with zero attached hydrogens (tertiary/aromatic N) is 3. The molecule has 2 fully saturated rings. The second-order valence-electron chi connectivity index (χ2n) is 7.40. The molecule has 2 amide bonds. The van der Waals surface area contributed by atoms with E-state index in [0.717, 1.165) is 44.3 Å². The summed E-state index contributed by atoms with van der Waals surface area (Å²) in [5, 5.41) is 3.97. The van der Waals surface area contributed by atoms with Crippen molar-refractivity contribution in [2.24, 2.45) is 5.92 Å². The van der Waals surface area contributed by atoms with Crippen molar-refractivity contribution in [2.75, 3.05) is 33.3 Å². The second-order valence-corrected chi connectivity index (χ2v) is 7.40. The Hall–Kier alpha value is -2.83. The molecule has 3 heterocycles. The lowest BCUT2D eigenvalue weighted by Gasteiger charge is -2.33. The van der Waals surface area contributed by atoms with E-state index in [1.54, 1.807) is 18.1 Å². The number of aromatic nitrogens is 1. The van der Waals surface area contributed by atoms with Crippen LogP contribution in [0.15, 0.2) is 34.9 Å². The van der Waals surface area contributed by atoms with Crippen molar-refractivity contribution >= 4 is 11.8 Å². The Morgan fingerprint density at radius 2 is 1.86 bits per heavy atom. The molecule has 0 bridgehead atoms. The van der Waals surface area contributed by atoms with Gasteiger partial charge in [-0.05, 0) is 37.8 Å². The first-order valence-electron chi connectivity index (χ1n) is 9.85. The van der Waals surface area contributed by atoms with Crippen LogP contribution in [0.25, 0.3) is 11.3 Å². The van der Waals surface area contributed by atoms with E-state index < -0.39 is 0 Å². The maximum atomic E-state index is 12.9. The van der Waals surface area contributed by atoms with E-state index in [4.69, 9.17) is 9.26 Å². The second kappa shape index (κ2) is 8.04. The number of amides is 2. The van der Waals surface area contributed by atoms with Gasteiger partial charge >= 0.3 is 0 Å². The Morgan fingerprint density at radius 1 is 1.11 bits per heavy atom. The average Bonchev–Trinajstić information content (AvgIpc) is 3.45. The largest absolute Gasteiger partial charge is 0.496 e. The van der Waals surface area contributed by atoms with Crippen LogP contribution in [0.5, 0.6) is 5.75 Å². The number of hydrogen-bond donors (Lipinski definition) is 0. The normalized spacial score (nSPS) is 19.7. The highest BCUT2D eigenvalue weighted by Gasteiger charge is 2.33. The predicted molar refractivity (Wildman–Crippen MR) is 103 cm³/mol. The number of likely N-dealkylation sites (tertiary alicyclic amines) is 2.